The quantitative estimate of drug-likeness (QED) is 0.567. The predicted molar refractivity (Wildman–Crippen MR) is 89.5 cm³/mol. The summed E-state index contributed by atoms with van der Waals surface area (Å²) in [5, 5.41) is 13.7. The third kappa shape index (κ3) is 2.71. The van der Waals surface area contributed by atoms with E-state index >= 15 is 0 Å². The fourth-order valence-corrected chi connectivity index (χ4v) is 2.55. The maximum absolute atomic E-state index is 11.7. The van der Waals surface area contributed by atoms with Gasteiger partial charge in [-0.15, -0.1) is 0 Å². The largest absolute Gasteiger partial charge is 0.338 e. The first-order chi connectivity index (χ1) is 11.6. The van der Waals surface area contributed by atoms with Crippen LogP contribution in [0.4, 0.5) is 11.4 Å². The van der Waals surface area contributed by atoms with Crippen LogP contribution in [0, 0.1) is 16.0 Å². The number of H-pyrrole nitrogens is 1. The number of aromatic amines is 1. The van der Waals surface area contributed by atoms with Gasteiger partial charge in [-0.25, -0.2) is 4.98 Å². The zero-order valence-corrected chi connectivity index (χ0v) is 12.7. The molecule has 24 heavy (non-hydrogen) atoms. The van der Waals surface area contributed by atoms with Crippen molar-refractivity contribution in [1.82, 2.24) is 9.97 Å². The molecule has 1 saturated carbocycles. The van der Waals surface area contributed by atoms with Crippen molar-refractivity contribution in [2.45, 2.75) is 12.8 Å². The lowest BCUT2D eigenvalue weighted by Crippen LogP contribution is -2.12. The predicted octanol–water partition coefficient (Wildman–Crippen LogP) is 3.49. The van der Waals surface area contributed by atoms with Crippen LogP contribution in [0.1, 0.15) is 12.8 Å². The summed E-state index contributed by atoms with van der Waals surface area (Å²) in [6.45, 7) is 0. The first-order valence-electron chi connectivity index (χ1n) is 7.65. The number of imidazole rings is 1. The first-order valence-corrected chi connectivity index (χ1v) is 7.65. The molecular formula is C17H14N4O3. The Morgan fingerprint density at radius 1 is 1.21 bits per heavy atom. The smallest absolute Gasteiger partial charge is 0.271 e. The molecule has 4 rings (SSSR count). The number of nitrogens with zero attached hydrogens (tertiary/aromatic N) is 2. The number of carbonyl (C=O) groups excluding carboxylic acids is 1. The van der Waals surface area contributed by atoms with Gasteiger partial charge >= 0.3 is 0 Å². The number of benzene rings is 2. The lowest BCUT2D eigenvalue weighted by atomic mass is 10.2. The zero-order valence-electron chi connectivity index (χ0n) is 12.7. The van der Waals surface area contributed by atoms with Crippen molar-refractivity contribution in [2.75, 3.05) is 5.32 Å². The first kappa shape index (κ1) is 14.4. The van der Waals surface area contributed by atoms with E-state index in [9.17, 15) is 14.9 Å². The summed E-state index contributed by atoms with van der Waals surface area (Å²) in [6, 6.07) is 11.9. The van der Waals surface area contributed by atoms with Crippen molar-refractivity contribution in [2.24, 2.45) is 5.92 Å². The topological polar surface area (TPSA) is 101 Å². The molecule has 1 aliphatic carbocycles. The number of nitro benzene ring substituents is 1. The van der Waals surface area contributed by atoms with Gasteiger partial charge in [0, 0.05) is 29.3 Å². The van der Waals surface area contributed by atoms with E-state index in [0.29, 0.717) is 16.9 Å². The Kier molecular flexibility index (Phi) is 3.26. The molecule has 0 atom stereocenters. The Labute approximate surface area is 136 Å². The molecule has 0 aliphatic heterocycles. The molecule has 0 saturated heterocycles. The van der Waals surface area contributed by atoms with Crippen molar-refractivity contribution >= 4 is 28.3 Å². The number of nitrogens with one attached hydrogen (secondary N) is 2. The van der Waals surface area contributed by atoms with E-state index in [2.05, 4.69) is 15.3 Å². The number of fused-ring (bicyclic) bond motifs is 1. The van der Waals surface area contributed by atoms with E-state index in [0.717, 1.165) is 24.1 Å². The average Bonchev–Trinajstić information content (AvgIpc) is 3.34. The van der Waals surface area contributed by atoms with Gasteiger partial charge in [0.25, 0.3) is 5.69 Å². The maximum Gasteiger partial charge on any atom is 0.271 e. The number of nitro groups is 1. The van der Waals surface area contributed by atoms with Crippen LogP contribution in [0.2, 0.25) is 0 Å². The minimum atomic E-state index is -0.433. The van der Waals surface area contributed by atoms with Gasteiger partial charge in [0.2, 0.25) is 5.91 Å². The highest BCUT2D eigenvalue weighted by Gasteiger charge is 2.29. The van der Waals surface area contributed by atoms with Crippen LogP contribution in [-0.2, 0) is 4.79 Å². The highest BCUT2D eigenvalue weighted by atomic mass is 16.6. The van der Waals surface area contributed by atoms with Gasteiger partial charge in [-0.05, 0) is 43.2 Å². The number of amides is 1. The van der Waals surface area contributed by atoms with Crippen molar-refractivity contribution in [3.8, 4) is 11.4 Å². The normalized spacial score (nSPS) is 13.8. The van der Waals surface area contributed by atoms with Gasteiger partial charge in [-0.2, -0.15) is 0 Å². The van der Waals surface area contributed by atoms with E-state index in [1.165, 1.54) is 12.1 Å². The minimum absolute atomic E-state index is 0.0239. The minimum Gasteiger partial charge on any atom is -0.338 e. The second-order valence-electron chi connectivity index (χ2n) is 5.88. The van der Waals surface area contributed by atoms with Crippen LogP contribution in [0.5, 0.6) is 0 Å². The monoisotopic (exact) mass is 322 g/mol. The number of carbonyl (C=O) groups is 1. The highest BCUT2D eigenvalue weighted by molar-refractivity contribution is 5.94. The number of hydrogen-bond acceptors (Lipinski definition) is 4. The van der Waals surface area contributed by atoms with Crippen molar-refractivity contribution in [3.05, 3.63) is 52.6 Å². The second kappa shape index (κ2) is 5.45. The Morgan fingerprint density at radius 3 is 2.62 bits per heavy atom. The van der Waals surface area contributed by atoms with Crippen LogP contribution in [0.3, 0.4) is 0 Å². The molecule has 120 valence electrons. The van der Waals surface area contributed by atoms with Crippen molar-refractivity contribution in [1.29, 1.82) is 0 Å². The second-order valence-corrected chi connectivity index (χ2v) is 5.88. The van der Waals surface area contributed by atoms with E-state index < -0.39 is 4.92 Å². The average molecular weight is 322 g/mol. The van der Waals surface area contributed by atoms with E-state index in [4.69, 9.17) is 0 Å². The van der Waals surface area contributed by atoms with Crippen molar-refractivity contribution in [3.63, 3.8) is 0 Å². The fourth-order valence-electron chi connectivity index (χ4n) is 2.55. The molecule has 1 amide bonds. The lowest BCUT2D eigenvalue weighted by molar-refractivity contribution is -0.384. The molecule has 7 nitrogen and oxygen atoms in total. The van der Waals surface area contributed by atoms with Crippen LogP contribution >= 0.6 is 0 Å². The van der Waals surface area contributed by atoms with Gasteiger partial charge in [-0.3, -0.25) is 14.9 Å². The number of rotatable bonds is 4. The van der Waals surface area contributed by atoms with E-state index in [-0.39, 0.29) is 17.5 Å². The van der Waals surface area contributed by atoms with Gasteiger partial charge in [0.15, 0.2) is 0 Å². The summed E-state index contributed by atoms with van der Waals surface area (Å²) >= 11 is 0. The molecule has 1 aliphatic rings. The Morgan fingerprint density at radius 2 is 1.96 bits per heavy atom. The summed E-state index contributed by atoms with van der Waals surface area (Å²) in [4.78, 5) is 29.7. The fraction of sp³-hybridized carbons (Fsp3) is 0.176. The summed E-state index contributed by atoms with van der Waals surface area (Å²) in [5.74, 6) is 0.861. The van der Waals surface area contributed by atoms with Gasteiger partial charge in [-0.1, -0.05) is 0 Å². The molecule has 1 fully saturated rings. The number of anilines is 1. The molecule has 0 spiro atoms. The van der Waals surface area contributed by atoms with E-state index in [1.54, 1.807) is 6.07 Å². The Hall–Kier alpha value is -3.22. The van der Waals surface area contributed by atoms with Gasteiger partial charge in [0.05, 0.1) is 16.0 Å². The standard InChI is InChI=1S/C17H14N4O3/c22-17(11-1-2-11)18-12-5-3-10(4-6-12)16-19-14-8-7-13(21(23)24)9-15(14)20-16/h3-9,11H,1-2H2,(H,18,22)(H,19,20). The van der Waals surface area contributed by atoms with Crippen molar-refractivity contribution < 1.29 is 9.72 Å². The summed E-state index contributed by atoms with van der Waals surface area (Å²) in [7, 11) is 0. The molecule has 3 aromatic rings. The highest BCUT2D eigenvalue weighted by Crippen LogP contribution is 2.30. The van der Waals surface area contributed by atoms with E-state index in [1.807, 2.05) is 24.3 Å². The molecule has 2 N–H and O–H groups in total. The van der Waals surface area contributed by atoms with Crippen LogP contribution in [0.15, 0.2) is 42.5 Å². The molecule has 1 aromatic heterocycles. The molecule has 2 aromatic carbocycles. The zero-order chi connectivity index (χ0) is 16.7. The lowest BCUT2D eigenvalue weighted by Gasteiger charge is -2.04. The van der Waals surface area contributed by atoms with Crippen LogP contribution < -0.4 is 5.32 Å². The van der Waals surface area contributed by atoms with Gasteiger partial charge < -0.3 is 10.3 Å². The van der Waals surface area contributed by atoms with Gasteiger partial charge in [0.1, 0.15) is 5.82 Å². The molecular weight excluding hydrogens is 308 g/mol. The summed E-state index contributed by atoms with van der Waals surface area (Å²) in [5.41, 5.74) is 2.91. The van der Waals surface area contributed by atoms with Crippen LogP contribution in [-0.4, -0.2) is 20.8 Å². The summed E-state index contributed by atoms with van der Waals surface area (Å²) < 4.78 is 0. The molecule has 0 bridgehead atoms. The maximum atomic E-state index is 11.7. The molecule has 0 unspecified atom stereocenters. The number of hydrogen-bond donors (Lipinski definition) is 2. The molecule has 7 heteroatoms. The molecule has 1 heterocycles. The number of aromatic nitrogens is 2. The SMILES string of the molecule is O=C(Nc1ccc(-c2nc3ccc([N+](=O)[O-])cc3[nH]2)cc1)C1CC1. The van der Waals surface area contributed by atoms with Crippen LogP contribution in [0.25, 0.3) is 22.4 Å². The third-order valence-corrected chi connectivity index (χ3v) is 4.05. The Balaban J connectivity index is 1.59. The Bertz CT molecular complexity index is 942. The number of non-ortho nitro benzene ring substituents is 1. The summed E-state index contributed by atoms with van der Waals surface area (Å²) in [6.07, 6.45) is 1.93. The third-order valence-electron chi connectivity index (χ3n) is 4.05. The molecule has 0 radical (unpaired) electrons.